The second-order valence-corrected chi connectivity index (χ2v) is 6.26. The van der Waals surface area contributed by atoms with Gasteiger partial charge in [0.15, 0.2) is 0 Å². The highest BCUT2D eigenvalue weighted by atomic mass is 16.6. The molecule has 6 nitrogen and oxygen atoms in total. The van der Waals surface area contributed by atoms with Crippen LogP contribution in [-0.2, 0) is 14.3 Å². The Bertz CT molecular complexity index is 344. The van der Waals surface area contributed by atoms with E-state index in [0.717, 1.165) is 19.4 Å². The first-order chi connectivity index (χ1) is 9.20. The van der Waals surface area contributed by atoms with Gasteiger partial charge < -0.3 is 14.6 Å². The fraction of sp³-hybridized carbons (Fsp3) is 0.857. The zero-order chi connectivity index (χ0) is 15.3. The third-order valence-corrected chi connectivity index (χ3v) is 3.25. The van der Waals surface area contributed by atoms with Crippen molar-refractivity contribution in [2.75, 3.05) is 20.3 Å². The topological polar surface area (TPSA) is 76.1 Å². The molecule has 0 radical (unpaired) electrons. The van der Waals surface area contributed by atoms with Gasteiger partial charge in [0.05, 0.1) is 0 Å². The fourth-order valence-corrected chi connectivity index (χ4v) is 2.19. The van der Waals surface area contributed by atoms with Crippen LogP contribution in [0, 0.1) is 5.92 Å². The quantitative estimate of drug-likeness (QED) is 0.857. The molecule has 2 unspecified atom stereocenters. The predicted octanol–water partition coefficient (Wildman–Crippen LogP) is 2.12. The van der Waals surface area contributed by atoms with Crippen molar-refractivity contribution in [1.29, 1.82) is 0 Å². The summed E-state index contributed by atoms with van der Waals surface area (Å²) in [7, 11) is 1.47. The van der Waals surface area contributed by atoms with E-state index < -0.39 is 23.7 Å². The summed E-state index contributed by atoms with van der Waals surface area (Å²) < 4.78 is 10.6. The number of likely N-dealkylation sites (N-methyl/N-ethyl adjacent to an activating group) is 1. The molecule has 0 aromatic rings. The molecule has 0 bridgehead atoms. The molecular formula is C14H25NO5. The van der Waals surface area contributed by atoms with Gasteiger partial charge in [-0.15, -0.1) is 0 Å². The number of hydrogen-bond donors (Lipinski definition) is 1. The van der Waals surface area contributed by atoms with Gasteiger partial charge in [0.25, 0.3) is 0 Å². The molecule has 1 N–H and O–H groups in total. The van der Waals surface area contributed by atoms with Crippen molar-refractivity contribution in [3.63, 3.8) is 0 Å². The maximum atomic E-state index is 12.0. The van der Waals surface area contributed by atoms with Crippen LogP contribution in [0.5, 0.6) is 0 Å². The number of ether oxygens (including phenoxy) is 2. The normalized spacial score (nSPS) is 21.1. The van der Waals surface area contributed by atoms with Gasteiger partial charge in [-0.25, -0.2) is 9.59 Å². The second-order valence-electron chi connectivity index (χ2n) is 6.26. The highest BCUT2D eigenvalue weighted by Crippen LogP contribution is 2.22. The molecule has 1 aliphatic rings. The van der Waals surface area contributed by atoms with Crippen LogP contribution in [0.1, 0.15) is 40.0 Å². The van der Waals surface area contributed by atoms with E-state index in [0.29, 0.717) is 13.0 Å². The lowest BCUT2D eigenvalue weighted by Crippen LogP contribution is -2.46. The third-order valence-electron chi connectivity index (χ3n) is 3.25. The van der Waals surface area contributed by atoms with Crippen LogP contribution >= 0.6 is 0 Å². The average Bonchev–Trinajstić information content (AvgIpc) is 2.34. The Morgan fingerprint density at radius 3 is 2.55 bits per heavy atom. The number of amides is 1. The molecule has 1 fully saturated rings. The van der Waals surface area contributed by atoms with Crippen molar-refractivity contribution in [1.82, 2.24) is 4.90 Å². The fourth-order valence-electron chi connectivity index (χ4n) is 2.19. The largest absolute Gasteiger partial charge is 0.480 e. The molecule has 1 rings (SSSR count). The van der Waals surface area contributed by atoms with Gasteiger partial charge in [-0.1, -0.05) is 0 Å². The van der Waals surface area contributed by atoms with Gasteiger partial charge in [0.2, 0.25) is 0 Å². The molecule has 0 aromatic carbocycles. The van der Waals surface area contributed by atoms with Gasteiger partial charge in [-0.05, 0) is 46.0 Å². The maximum Gasteiger partial charge on any atom is 0.410 e. The molecule has 0 aromatic heterocycles. The summed E-state index contributed by atoms with van der Waals surface area (Å²) in [6.45, 7) is 6.55. The average molecular weight is 287 g/mol. The Kier molecular flexibility index (Phi) is 5.80. The van der Waals surface area contributed by atoms with Gasteiger partial charge in [0.1, 0.15) is 11.6 Å². The van der Waals surface area contributed by atoms with Gasteiger partial charge in [-0.3, -0.25) is 4.90 Å². The van der Waals surface area contributed by atoms with Crippen LogP contribution in [0.4, 0.5) is 4.79 Å². The van der Waals surface area contributed by atoms with Crippen LogP contribution in [0.25, 0.3) is 0 Å². The van der Waals surface area contributed by atoms with Crippen molar-refractivity contribution < 1.29 is 24.2 Å². The molecule has 1 saturated heterocycles. The number of carbonyl (C=O) groups excluding carboxylic acids is 1. The number of nitrogens with zero attached hydrogens (tertiary/aromatic N) is 1. The minimum atomic E-state index is -1.01. The molecular weight excluding hydrogens is 262 g/mol. The Labute approximate surface area is 120 Å². The maximum absolute atomic E-state index is 12.0. The van der Waals surface area contributed by atoms with Crippen LogP contribution in [0.2, 0.25) is 0 Å². The Morgan fingerprint density at radius 1 is 1.45 bits per heavy atom. The highest BCUT2D eigenvalue weighted by Gasteiger charge is 2.32. The Morgan fingerprint density at radius 2 is 2.10 bits per heavy atom. The summed E-state index contributed by atoms with van der Waals surface area (Å²) in [5, 5.41) is 9.33. The van der Waals surface area contributed by atoms with Crippen molar-refractivity contribution in [3.05, 3.63) is 0 Å². The summed E-state index contributed by atoms with van der Waals surface area (Å²) in [5.74, 6) is -0.835. The van der Waals surface area contributed by atoms with E-state index >= 15 is 0 Å². The van der Waals surface area contributed by atoms with E-state index in [9.17, 15) is 14.7 Å². The Hall–Kier alpha value is -1.30. The van der Waals surface area contributed by atoms with Crippen molar-refractivity contribution in [2.24, 2.45) is 5.92 Å². The predicted molar refractivity (Wildman–Crippen MR) is 73.6 cm³/mol. The second kappa shape index (κ2) is 6.92. The zero-order valence-electron chi connectivity index (χ0n) is 12.7. The monoisotopic (exact) mass is 287 g/mol. The molecule has 1 heterocycles. The Balaban J connectivity index is 2.64. The number of carboxylic acids is 1. The first-order valence-corrected chi connectivity index (χ1v) is 6.97. The molecule has 1 amide bonds. The lowest BCUT2D eigenvalue weighted by Gasteiger charge is -2.31. The number of carbonyl (C=O) groups is 2. The van der Waals surface area contributed by atoms with E-state index in [2.05, 4.69) is 0 Å². The molecule has 116 valence electrons. The summed E-state index contributed by atoms with van der Waals surface area (Å²) in [4.78, 5) is 24.5. The number of hydrogen-bond acceptors (Lipinski definition) is 4. The summed E-state index contributed by atoms with van der Waals surface area (Å²) in [6.07, 6.45) is 1.66. The molecule has 0 saturated carbocycles. The number of rotatable bonds is 4. The number of carboxylic acid groups (broad SMARTS) is 1. The van der Waals surface area contributed by atoms with Crippen molar-refractivity contribution in [2.45, 2.75) is 51.7 Å². The summed E-state index contributed by atoms with van der Waals surface area (Å²) >= 11 is 0. The standard InChI is InChI=1S/C14H25NO5/c1-14(2,3)20-13(18)15(4)11(12(16)17)8-10-6-5-7-19-9-10/h10-11H,5-9H2,1-4H3,(H,16,17). The van der Waals surface area contributed by atoms with E-state index in [-0.39, 0.29) is 5.92 Å². The summed E-state index contributed by atoms with van der Waals surface area (Å²) in [5.41, 5.74) is -0.637. The minimum absolute atomic E-state index is 0.176. The summed E-state index contributed by atoms with van der Waals surface area (Å²) in [6, 6.07) is -0.878. The lowest BCUT2D eigenvalue weighted by molar-refractivity contribution is -0.143. The van der Waals surface area contributed by atoms with Crippen LogP contribution < -0.4 is 0 Å². The van der Waals surface area contributed by atoms with E-state index in [1.54, 1.807) is 20.8 Å². The smallest absolute Gasteiger partial charge is 0.410 e. The molecule has 0 spiro atoms. The molecule has 20 heavy (non-hydrogen) atoms. The van der Waals surface area contributed by atoms with Crippen LogP contribution in [0.15, 0.2) is 0 Å². The number of aliphatic carboxylic acids is 1. The minimum Gasteiger partial charge on any atom is -0.480 e. The van der Waals surface area contributed by atoms with E-state index in [1.165, 1.54) is 11.9 Å². The zero-order valence-corrected chi connectivity index (χ0v) is 12.7. The van der Waals surface area contributed by atoms with Crippen LogP contribution in [-0.4, -0.2) is 54.0 Å². The van der Waals surface area contributed by atoms with E-state index in [4.69, 9.17) is 9.47 Å². The van der Waals surface area contributed by atoms with Crippen molar-refractivity contribution in [3.8, 4) is 0 Å². The SMILES string of the molecule is CN(C(=O)OC(C)(C)C)C(CC1CCCOC1)C(=O)O. The molecule has 6 heteroatoms. The highest BCUT2D eigenvalue weighted by molar-refractivity contribution is 5.80. The van der Waals surface area contributed by atoms with Gasteiger partial charge >= 0.3 is 12.1 Å². The third kappa shape index (κ3) is 5.36. The molecule has 1 aliphatic heterocycles. The van der Waals surface area contributed by atoms with Gasteiger partial charge in [0, 0.05) is 20.3 Å². The van der Waals surface area contributed by atoms with Crippen molar-refractivity contribution >= 4 is 12.1 Å². The van der Waals surface area contributed by atoms with E-state index in [1.807, 2.05) is 0 Å². The molecule has 2 atom stereocenters. The van der Waals surface area contributed by atoms with Crippen LogP contribution in [0.3, 0.4) is 0 Å². The van der Waals surface area contributed by atoms with Gasteiger partial charge in [-0.2, -0.15) is 0 Å². The first-order valence-electron chi connectivity index (χ1n) is 6.97. The molecule has 0 aliphatic carbocycles. The lowest BCUT2D eigenvalue weighted by atomic mass is 9.94. The first kappa shape index (κ1) is 16.8.